The van der Waals surface area contributed by atoms with Gasteiger partial charge in [0.1, 0.15) is 6.54 Å². The van der Waals surface area contributed by atoms with Gasteiger partial charge in [0.15, 0.2) is 6.10 Å². The van der Waals surface area contributed by atoms with Gasteiger partial charge < -0.3 is 10.1 Å². The van der Waals surface area contributed by atoms with Gasteiger partial charge in [0.25, 0.3) is 5.91 Å². The van der Waals surface area contributed by atoms with Gasteiger partial charge in [-0.15, -0.1) is 0 Å². The van der Waals surface area contributed by atoms with E-state index in [0.29, 0.717) is 11.4 Å². The number of anilines is 2. The van der Waals surface area contributed by atoms with E-state index >= 15 is 0 Å². The van der Waals surface area contributed by atoms with Crippen molar-refractivity contribution in [2.75, 3.05) is 16.8 Å². The van der Waals surface area contributed by atoms with Crippen LogP contribution in [-0.4, -0.2) is 30.4 Å². The van der Waals surface area contributed by atoms with Crippen LogP contribution in [0, 0.1) is 11.8 Å². The van der Waals surface area contributed by atoms with E-state index in [1.165, 1.54) is 4.90 Å². The molecule has 24 heavy (non-hydrogen) atoms. The van der Waals surface area contributed by atoms with Crippen molar-refractivity contribution in [3.63, 3.8) is 0 Å². The monoisotopic (exact) mass is 330 g/mol. The number of carbonyl (C=O) groups is 3. The van der Waals surface area contributed by atoms with Gasteiger partial charge in [0.2, 0.25) is 5.91 Å². The third-order valence-corrected chi connectivity index (χ3v) is 4.57. The average molecular weight is 330 g/mol. The summed E-state index contributed by atoms with van der Waals surface area (Å²) in [5.74, 6) is -1.16. The lowest BCUT2D eigenvalue weighted by Gasteiger charge is -2.34. The third kappa shape index (κ3) is 3.13. The highest BCUT2D eigenvalue weighted by Crippen LogP contribution is 2.32. The SMILES string of the molecule is CC(C)[C@@H](OC(=O)C1CCC1)C(=O)N1CC(=O)Nc2ccccc21. The predicted molar refractivity (Wildman–Crippen MR) is 89.5 cm³/mol. The van der Waals surface area contributed by atoms with Gasteiger partial charge in [-0.2, -0.15) is 0 Å². The molecule has 0 spiro atoms. The van der Waals surface area contributed by atoms with E-state index in [4.69, 9.17) is 4.74 Å². The number of carbonyl (C=O) groups excluding carboxylic acids is 3. The first-order chi connectivity index (χ1) is 11.5. The summed E-state index contributed by atoms with van der Waals surface area (Å²) in [5, 5.41) is 2.75. The molecule has 1 aliphatic carbocycles. The summed E-state index contributed by atoms with van der Waals surface area (Å²) >= 11 is 0. The molecule has 2 aliphatic rings. The minimum absolute atomic E-state index is 0.0694. The lowest BCUT2D eigenvalue weighted by molar-refractivity contribution is -0.164. The normalized spacial score (nSPS) is 18.5. The molecule has 1 fully saturated rings. The molecule has 3 rings (SSSR count). The second-order valence-electron chi connectivity index (χ2n) is 6.72. The Morgan fingerprint density at radius 1 is 1.25 bits per heavy atom. The fourth-order valence-electron chi connectivity index (χ4n) is 2.92. The summed E-state index contributed by atoms with van der Waals surface area (Å²) in [6.07, 6.45) is 1.80. The minimum atomic E-state index is -0.878. The van der Waals surface area contributed by atoms with Crippen molar-refractivity contribution in [2.24, 2.45) is 11.8 Å². The van der Waals surface area contributed by atoms with Crippen molar-refractivity contribution in [3.8, 4) is 0 Å². The summed E-state index contributed by atoms with van der Waals surface area (Å²) < 4.78 is 5.52. The molecule has 1 aromatic carbocycles. The smallest absolute Gasteiger partial charge is 0.309 e. The lowest BCUT2D eigenvalue weighted by Crippen LogP contribution is -2.49. The Hall–Kier alpha value is -2.37. The summed E-state index contributed by atoms with van der Waals surface area (Å²) in [6.45, 7) is 3.61. The number of fused-ring (bicyclic) bond motifs is 1. The van der Waals surface area contributed by atoms with E-state index in [0.717, 1.165) is 19.3 Å². The molecule has 1 N–H and O–H groups in total. The van der Waals surface area contributed by atoms with E-state index in [1.54, 1.807) is 24.3 Å². The number of nitrogens with zero attached hydrogens (tertiary/aromatic N) is 1. The van der Waals surface area contributed by atoms with Gasteiger partial charge in [-0.3, -0.25) is 19.3 Å². The van der Waals surface area contributed by atoms with Crippen molar-refractivity contribution in [1.82, 2.24) is 0 Å². The van der Waals surface area contributed by atoms with E-state index < -0.39 is 6.10 Å². The summed E-state index contributed by atoms with van der Waals surface area (Å²) in [6, 6.07) is 7.13. The molecule has 1 saturated carbocycles. The van der Waals surface area contributed by atoms with Crippen molar-refractivity contribution < 1.29 is 19.1 Å². The first kappa shape index (κ1) is 16.5. The maximum Gasteiger partial charge on any atom is 0.309 e. The third-order valence-electron chi connectivity index (χ3n) is 4.57. The highest BCUT2D eigenvalue weighted by atomic mass is 16.5. The summed E-state index contributed by atoms with van der Waals surface area (Å²) in [5.41, 5.74) is 1.22. The van der Waals surface area contributed by atoms with Gasteiger partial charge in [-0.25, -0.2) is 0 Å². The molecule has 0 aromatic heterocycles. The van der Waals surface area contributed by atoms with Gasteiger partial charge in [0, 0.05) is 0 Å². The van der Waals surface area contributed by atoms with Crippen LogP contribution >= 0.6 is 0 Å². The topological polar surface area (TPSA) is 75.7 Å². The Labute approximate surface area is 141 Å². The second kappa shape index (κ2) is 6.63. The van der Waals surface area contributed by atoms with Crippen LogP contribution in [0.3, 0.4) is 0 Å². The number of esters is 1. The van der Waals surface area contributed by atoms with E-state index in [1.807, 2.05) is 13.8 Å². The van der Waals surface area contributed by atoms with Gasteiger partial charge in [-0.1, -0.05) is 32.4 Å². The van der Waals surface area contributed by atoms with Crippen LogP contribution in [0.25, 0.3) is 0 Å². The molecule has 1 aromatic rings. The van der Waals surface area contributed by atoms with Gasteiger partial charge >= 0.3 is 5.97 Å². The zero-order valence-corrected chi connectivity index (χ0v) is 14.0. The molecule has 0 bridgehead atoms. The molecule has 1 aliphatic heterocycles. The fraction of sp³-hybridized carbons (Fsp3) is 0.500. The zero-order valence-electron chi connectivity index (χ0n) is 14.0. The number of hydrogen-bond donors (Lipinski definition) is 1. The maximum atomic E-state index is 13.0. The number of nitrogens with one attached hydrogen (secondary N) is 1. The van der Waals surface area contributed by atoms with Crippen molar-refractivity contribution in [2.45, 2.75) is 39.2 Å². The van der Waals surface area contributed by atoms with Crippen molar-refractivity contribution in [3.05, 3.63) is 24.3 Å². The van der Waals surface area contributed by atoms with E-state index in [2.05, 4.69) is 5.32 Å². The average Bonchev–Trinajstić information content (AvgIpc) is 2.49. The highest BCUT2D eigenvalue weighted by molar-refractivity contribution is 6.11. The van der Waals surface area contributed by atoms with Crippen LogP contribution in [0.5, 0.6) is 0 Å². The predicted octanol–water partition coefficient (Wildman–Crippen LogP) is 2.34. The number of benzene rings is 1. The lowest BCUT2D eigenvalue weighted by atomic mass is 9.85. The van der Waals surface area contributed by atoms with Crippen LogP contribution < -0.4 is 10.2 Å². The second-order valence-corrected chi connectivity index (χ2v) is 6.72. The number of amides is 2. The van der Waals surface area contributed by atoms with Gasteiger partial charge in [-0.05, 0) is 30.9 Å². The van der Waals surface area contributed by atoms with Crippen LogP contribution in [0.1, 0.15) is 33.1 Å². The van der Waals surface area contributed by atoms with Crippen LogP contribution in [0.15, 0.2) is 24.3 Å². The number of para-hydroxylation sites is 2. The van der Waals surface area contributed by atoms with Gasteiger partial charge in [0.05, 0.1) is 17.3 Å². The Balaban J connectivity index is 1.82. The summed E-state index contributed by atoms with van der Waals surface area (Å²) in [7, 11) is 0. The fourth-order valence-corrected chi connectivity index (χ4v) is 2.92. The van der Waals surface area contributed by atoms with E-state index in [9.17, 15) is 14.4 Å². The number of ether oxygens (including phenoxy) is 1. The van der Waals surface area contributed by atoms with Crippen LogP contribution in [-0.2, 0) is 19.1 Å². The first-order valence-electron chi connectivity index (χ1n) is 8.38. The quantitative estimate of drug-likeness (QED) is 0.860. The molecule has 2 amide bonds. The van der Waals surface area contributed by atoms with E-state index in [-0.39, 0.29) is 36.2 Å². The molecule has 6 nitrogen and oxygen atoms in total. The Kier molecular flexibility index (Phi) is 4.55. The Morgan fingerprint density at radius 2 is 1.96 bits per heavy atom. The molecular formula is C18H22N2O4. The first-order valence-corrected chi connectivity index (χ1v) is 8.38. The number of rotatable bonds is 4. The molecule has 0 unspecified atom stereocenters. The molecule has 0 radical (unpaired) electrons. The summed E-state index contributed by atoms with van der Waals surface area (Å²) in [4.78, 5) is 38.5. The molecule has 1 atom stereocenters. The van der Waals surface area contributed by atoms with Crippen molar-refractivity contribution >= 4 is 29.2 Å². The Morgan fingerprint density at radius 3 is 2.58 bits per heavy atom. The minimum Gasteiger partial charge on any atom is -0.452 e. The Bertz CT molecular complexity index is 667. The highest BCUT2D eigenvalue weighted by Gasteiger charge is 2.37. The molecule has 6 heteroatoms. The van der Waals surface area contributed by atoms with Crippen LogP contribution in [0.4, 0.5) is 11.4 Å². The van der Waals surface area contributed by atoms with Crippen molar-refractivity contribution in [1.29, 1.82) is 0 Å². The maximum absolute atomic E-state index is 13.0. The van der Waals surface area contributed by atoms with Crippen LogP contribution in [0.2, 0.25) is 0 Å². The largest absolute Gasteiger partial charge is 0.452 e. The standard InChI is InChI=1S/C18H22N2O4/c1-11(2)16(24-18(23)12-6-5-7-12)17(22)20-10-15(21)19-13-8-3-4-9-14(13)20/h3-4,8-9,11-12,16H,5-7,10H2,1-2H3,(H,19,21)/t16-/m1/s1. The number of hydrogen-bond acceptors (Lipinski definition) is 4. The molecule has 0 saturated heterocycles. The zero-order chi connectivity index (χ0) is 17.3. The molecule has 128 valence electrons. The molecular weight excluding hydrogens is 308 g/mol. The molecule has 1 heterocycles.